The first kappa shape index (κ1) is 19.0. The highest BCUT2D eigenvalue weighted by atomic mass is 19.4. The van der Waals surface area contributed by atoms with Gasteiger partial charge in [-0.25, -0.2) is 0 Å². The fourth-order valence-corrected chi connectivity index (χ4v) is 2.50. The van der Waals surface area contributed by atoms with Crippen LogP contribution in [0.4, 0.5) is 13.2 Å². The quantitative estimate of drug-likeness (QED) is 0.792. The van der Waals surface area contributed by atoms with E-state index in [9.17, 15) is 18.0 Å². The zero-order valence-corrected chi connectivity index (χ0v) is 13.8. The van der Waals surface area contributed by atoms with E-state index in [4.69, 9.17) is 10.5 Å². The number of benzene rings is 2. The smallest absolute Gasteiger partial charge is 0.416 e. The maximum Gasteiger partial charge on any atom is 0.416 e. The number of ether oxygens (including phenoxy) is 1. The summed E-state index contributed by atoms with van der Waals surface area (Å²) >= 11 is 0. The van der Waals surface area contributed by atoms with E-state index in [-0.39, 0.29) is 12.4 Å². The summed E-state index contributed by atoms with van der Waals surface area (Å²) in [4.78, 5) is 11.5. The van der Waals surface area contributed by atoms with Crippen molar-refractivity contribution in [3.63, 3.8) is 0 Å². The molecule has 0 bridgehead atoms. The molecule has 2 N–H and O–H groups in total. The van der Waals surface area contributed by atoms with Gasteiger partial charge in [-0.2, -0.15) is 13.2 Å². The molecule has 2 rings (SSSR count). The lowest BCUT2D eigenvalue weighted by Gasteiger charge is -2.13. The second kappa shape index (κ2) is 8.16. The zero-order valence-electron chi connectivity index (χ0n) is 13.8. The van der Waals surface area contributed by atoms with E-state index in [2.05, 4.69) is 0 Å². The summed E-state index contributed by atoms with van der Waals surface area (Å²) < 4.78 is 42.7. The lowest BCUT2D eigenvalue weighted by atomic mass is 9.98. The number of halogens is 3. The van der Waals surface area contributed by atoms with E-state index in [1.165, 1.54) is 12.1 Å². The van der Waals surface area contributed by atoms with E-state index in [0.717, 1.165) is 28.8 Å². The van der Waals surface area contributed by atoms with Gasteiger partial charge in [-0.15, -0.1) is 0 Å². The summed E-state index contributed by atoms with van der Waals surface area (Å²) in [7, 11) is 0. The molecule has 6 heteroatoms. The Morgan fingerprint density at radius 1 is 1.12 bits per heavy atom. The first-order valence-electron chi connectivity index (χ1n) is 7.95. The van der Waals surface area contributed by atoms with Crippen LogP contribution in [0.15, 0.2) is 48.5 Å². The van der Waals surface area contributed by atoms with E-state index >= 15 is 0 Å². The molecule has 0 fully saturated rings. The van der Waals surface area contributed by atoms with Gasteiger partial charge in [-0.05, 0) is 42.2 Å². The van der Waals surface area contributed by atoms with Crippen molar-refractivity contribution in [1.29, 1.82) is 0 Å². The number of alkyl halides is 3. The van der Waals surface area contributed by atoms with Gasteiger partial charge < -0.3 is 10.5 Å². The Kier molecular flexibility index (Phi) is 6.20. The molecular weight excluding hydrogens is 331 g/mol. The van der Waals surface area contributed by atoms with Crippen molar-refractivity contribution in [2.45, 2.75) is 32.0 Å². The Balaban J connectivity index is 2.07. The van der Waals surface area contributed by atoms with Crippen molar-refractivity contribution >= 4 is 5.97 Å². The molecule has 0 unspecified atom stereocenters. The van der Waals surface area contributed by atoms with Crippen LogP contribution < -0.4 is 5.73 Å². The predicted octanol–water partition coefficient (Wildman–Crippen LogP) is 4.25. The van der Waals surface area contributed by atoms with Gasteiger partial charge in [-0.3, -0.25) is 4.79 Å². The molecular formula is C19H20F3NO2. The van der Waals surface area contributed by atoms with Gasteiger partial charge in [0.2, 0.25) is 0 Å². The van der Waals surface area contributed by atoms with Crippen LogP contribution in [0.25, 0.3) is 0 Å². The number of hydrogen-bond donors (Lipinski definition) is 1. The zero-order chi connectivity index (χ0) is 18.4. The number of rotatable bonds is 6. The second-order valence-corrected chi connectivity index (χ2v) is 5.73. The summed E-state index contributed by atoms with van der Waals surface area (Å²) in [6.07, 6.45) is -3.77. The highest BCUT2D eigenvalue weighted by Crippen LogP contribution is 2.29. The standard InChI is InChI=1S/C19H20F3NO2/c1-2-25-18(24)12-17(23)15-5-3-4-14(11-15)10-13-6-8-16(9-7-13)19(20,21)22/h3-9,11,17H,2,10,12,23H2,1H3/t17-/m0/s1. The summed E-state index contributed by atoms with van der Waals surface area (Å²) in [5.74, 6) is -0.358. The third kappa shape index (κ3) is 5.60. The molecule has 1 atom stereocenters. The van der Waals surface area contributed by atoms with Crippen LogP contribution in [0, 0.1) is 0 Å². The van der Waals surface area contributed by atoms with E-state index in [0.29, 0.717) is 13.0 Å². The van der Waals surface area contributed by atoms with Gasteiger partial charge in [0.25, 0.3) is 0 Å². The molecule has 0 spiro atoms. The van der Waals surface area contributed by atoms with Crippen LogP contribution in [-0.4, -0.2) is 12.6 Å². The van der Waals surface area contributed by atoms with Crippen molar-refractivity contribution in [2.75, 3.05) is 6.61 Å². The fraction of sp³-hybridized carbons (Fsp3) is 0.316. The van der Waals surface area contributed by atoms with Crippen molar-refractivity contribution in [3.8, 4) is 0 Å². The minimum absolute atomic E-state index is 0.0809. The molecule has 0 aliphatic carbocycles. The third-order valence-corrected chi connectivity index (χ3v) is 3.76. The van der Waals surface area contributed by atoms with Crippen LogP contribution in [0.3, 0.4) is 0 Å². The Morgan fingerprint density at radius 2 is 1.80 bits per heavy atom. The average molecular weight is 351 g/mol. The number of esters is 1. The first-order chi connectivity index (χ1) is 11.8. The first-order valence-corrected chi connectivity index (χ1v) is 7.95. The Morgan fingerprint density at radius 3 is 2.40 bits per heavy atom. The summed E-state index contributed by atoms with van der Waals surface area (Å²) in [6, 6.07) is 12.0. The number of nitrogens with two attached hydrogens (primary N) is 1. The Hall–Kier alpha value is -2.34. The van der Waals surface area contributed by atoms with Crippen LogP contribution >= 0.6 is 0 Å². The molecule has 0 radical (unpaired) electrons. The number of hydrogen-bond acceptors (Lipinski definition) is 3. The Labute approximate surface area is 144 Å². The molecule has 0 saturated heterocycles. The molecule has 134 valence electrons. The monoisotopic (exact) mass is 351 g/mol. The predicted molar refractivity (Wildman–Crippen MR) is 88.9 cm³/mol. The molecule has 0 heterocycles. The SMILES string of the molecule is CCOC(=O)C[C@H](N)c1cccc(Cc2ccc(C(F)(F)F)cc2)c1. The number of carbonyl (C=O) groups is 1. The van der Waals surface area contributed by atoms with Crippen LogP contribution in [0.5, 0.6) is 0 Å². The highest BCUT2D eigenvalue weighted by Gasteiger charge is 2.29. The van der Waals surface area contributed by atoms with Crippen LogP contribution in [0.2, 0.25) is 0 Å². The largest absolute Gasteiger partial charge is 0.466 e. The molecule has 0 amide bonds. The third-order valence-electron chi connectivity index (χ3n) is 3.76. The molecule has 0 aliphatic heterocycles. The minimum Gasteiger partial charge on any atom is -0.466 e. The van der Waals surface area contributed by atoms with E-state index < -0.39 is 17.8 Å². The molecule has 3 nitrogen and oxygen atoms in total. The lowest BCUT2D eigenvalue weighted by molar-refractivity contribution is -0.143. The molecule has 0 aliphatic rings. The van der Waals surface area contributed by atoms with Crippen LogP contribution in [0.1, 0.15) is 41.6 Å². The molecule has 25 heavy (non-hydrogen) atoms. The van der Waals surface area contributed by atoms with Gasteiger partial charge >= 0.3 is 12.1 Å². The summed E-state index contributed by atoms with van der Waals surface area (Å²) in [6.45, 7) is 2.04. The fourth-order valence-electron chi connectivity index (χ4n) is 2.50. The van der Waals surface area contributed by atoms with Gasteiger partial charge in [0.15, 0.2) is 0 Å². The highest BCUT2D eigenvalue weighted by molar-refractivity contribution is 5.70. The van der Waals surface area contributed by atoms with Gasteiger partial charge in [0.1, 0.15) is 0 Å². The van der Waals surface area contributed by atoms with Crippen molar-refractivity contribution < 1.29 is 22.7 Å². The van der Waals surface area contributed by atoms with E-state index in [1.54, 1.807) is 6.92 Å². The Bertz CT molecular complexity index is 711. The summed E-state index contributed by atoms with van der Waals surface area (Å²) in [5, 5.41) is 0. The maximum atomic E-state index is 12.6. The molecule has 0 saturated carbocycles. The molecule has 0 aromatic heterocycles. The van der Waals surface area contributed by atoms with Crippen LogP contribution in [-0.2, 0) is 22.1 Å². The summed E-state index contributed by atoms with van der Waals surface area (Å²) in [5.41, 5.74) is 7.84. The average Bonchev–Trinajstić information content (AvgIpc) is 2.55. The van der Waals surface area contributed by atoms with Gasteiger partial charge in [0, 0.05) is 6.04 Å². The minimum atomic E-state index is -4.34. The van der Waals surface area contributed by atoms with Gasteiger partial charge in [0.05, 0.1) is 18.6 Å². The topological polar surface area (TPSA) is 52.3 Å². The lowest BCUT2D eigenvalue weighted by Crippen LogP contribution is -2.17. The normalized spacial score (nSPS) is 12.7. The van der Waals surface area contributed by atoms with Gasteiger partial charge in [-0.1, -0.05) is 36.4 Å². The van der Waals surface area contributed by atoms with Crippen molar-refractivity contribution in [1.82, 2.24) is 0 Å². The number of carbonyl (C=O) groups excluding carboxylic acids is 1. The van der Waals surface area contributed by atoms with Crippen molar-refractivity contribution in [3.05, 3.63) is 70.8 Å². The van der Waals surface area contributed by atoms with E-state index in [1.807, 2.05) is 24.3 Å². The second-order valence-electron chi connectivity index (χ2n) is 5.73. The maximum absolute atomic E-state index is 12.6. The molecule has 2 aromatic carbocycles. The van der Waals surface area contributed by atoms with Crippen molar-refractivity contribution in [2.24, 2.45) is 5.73 Å². The molecule has 2 aromatic rings.